The third kappa shape index (κ3) is 4.29. The average Bonchev–Trinajstić information content (AvgIpc) is 3.00. The van der Waals surface area contributed by atoms with Crippen molar-refractivity contribution in [2.45, 2.75) is 18.8 Å². The van der Waals surface area contributed by atoms with Gasteiger partial charge in [-0.3, -0.25) is 4.79 Å². The van der Waals surface area contributed by atoms with Crippen molar-refractivity contribution < 1.29 is 14.3 Å². The summed E-state index contributed by atoms with van der Waals surface area (Å²) in [5.41, 5.74) is 1.02. The predicted octanol–water partition coefficient (Wildman–Crippen LogP) is 3.83. The minimum atomic E-state index is -0.630. The number of carbonyl (C=O) groups excluding carboxylic acids is 1. The highest BCUT2D eigenvalue weighted by atomic mass is 35.5. The molecule has 6 heteroatoms. The highest BCUT2D eigenvalue weighted by Gasteiger charge is 2.16. The van der Waals surface area contributed by atoms with Crippen LogP contribution in [0, 0.1) is 5.82 Å². The van der Waals surface area contributed by atoms with Crippen molar-refractivity contribution in [3.8, 4) is 0 Å². The topological polar surface area (TPSA) is 49.3 Å². The minimum absolute atomic E-state index is 0.0909. The molecule has 0 aliphatic carbocycles. The van der Waals surface area contributed by atoms with Crippen LogP contribution in [0.25, 0.3) is 0 Å². The first-order valence-electron chi connectivity index (χ1n) is 6.98. The van der Waals surface area contributed by atoms with Crippen LogP contribution in [-0.2, 0) is 0 Å². The standard InChI is InChI=1S/C16H17ClFNO2S/c17-13-2-1-3-14(18)15(13)16(21)19-7-4-11(5-8-20)12-6-9-22-10-12/h1-3,6,9-11,20H,4-5,7-8H2,(H,19,21)/t11-/m0/s1. The number of hydrogen-bond donors (Lipinski definition) is 2. The van der Waals surface area contributed by atoms with E-state index in [1.54, 1.807) is 11.3 Å². The maximum atomic E-state index is 13.7. The number of rotatable bonds is 7. The molecule has 0 radical (unpaired) electrons. The van der Waals surface area contributed by atoms with Crippen LogP contribution < -0.4 is 5.32 Å². The van der Waals surface area contributed by atoms with Crippen molar-refractivity contribution in [3.05, 3.63) is 57.0 Å². The number of thiophene rings is 1. The van der Waals surface area contributed by atoms with E-state index >= 15 is 0 Å². The van der Waals surface area contributed by atoms with E-state index in [0.29, 0.717) is 19.4 Å². The Morgan fingerprint density at radius 2 is 2.18 bits per heavy atom. The van der Waals surface area contributed by atoms with E-state index in [0.717, 1.165) is 5.56 Å². The van der Waals surface area contributed by atoms with E-state index < -0.39 is 11.7 Å². The smallest absolute Gasteiger partial charge is 0.255 e. The van der Waals surface area contributed by atoms with Gasteiger partial charge in [0.1, 0.15) is 5.82 Å². The zero-order valence-electron chi connectivity index (χ0n) is 11.9. The summed E-state index contributed by atoms with van der Waals surface area (Å²) in [6.45, 7) is 0.484. The molecule has 118 valence electrons. The second kappa shape index (κ2) is 8.27. The fourth-order valence-corrected chi connectivity index (χ4v) is 3.30. The second-order valence-corrected chi connectivity index (χ2v) is 6.09. The molecule has 0 aliphatic rings. The molecule has 1 amide bonds. The quantitative estimate of drug-likeness (QED) is 0.804. The number of hydrogen-bond acceptors (Lipinski definition) is 3. The van der Waals surface area contributed by atoms with Gasteiger partial charge in [-0.05, 0) is 53.3 Å². The number of halogens is 2. The van der Waals surface area contributed by atoms with E-state index in [1.165, 1.54) is 18.2 Å². The molecular weight excluding hydrogens is 325 g/mol. The SMILES string of the molecule is O=C(NCC[C@@H](CCO)c1ccsc1)c1c(F)cccc1Cl. The Morgan fingerprint density at radius 3 is 2.82 bits per heavy atom. The maximum Gasteiger partial charge on any atom is 0.255 e. The molecule has 22 heavy (non-hydrogen) atoms. The van der Waals surface area contributed by atoms with E-state index in [-0.39, 0.29) is 23.1 Å². The third-order valence-electron chi connectivity index (χ3n) is 3.46. The minimum Gasteiger partial charge on any atom is -0.396 e. The van der Waals surface area contributed by atoms with E-state index in [9.17, 15) is 9.18 Å². The van der Waals surface area contributed by atoms with Gasteiger partial charge in [0.15, 0.2) is 0 Å². The van der Waals surface area contributed by atoms with Crippen molar-refractivity contribution in [2.24, 2.45) is 0 Å². The predicted molar refractivity (Wildman–Crippen MR) is 87.1 cm³/mol. The van der Waals surface area contributed by atoms with Crippen LogP contribution in [0.5, 0.6) is 0 Å². The normalized spacial score (nSPS) is 12.1. The molecule has 0 saturated carbocycles. The number of amides is 1. The van der Waals surface area contributed by atoms with Gasteiger partial charge in [-0.2, -0.15) is 11.3 Å². The van der Waals surface area contributed by atoms with E-state index in [1.807, 2.05) is 16.8 Å². The summed E-state index contributed by atoms with van der Waals surface area (Å²) in [5.74, 6) is -0.974. The van der Waals surface area contributed by atoms with Gasteiger partial charge in [-0.1, -0.05) is 17.7 Å². The molecule has 0 saturated heterocycles. The van der Waals surface area contributed by atoms with Gasteiger partial charge >= 0.3 is 0 Å². The molecule has 1 atom stereocenters. The molecule has 0 fully saturated rings. The molecule has 2 rings (SSSR count). The summed E-state index contributed by atoms with van der Waals surface area (Å²) in [7, 11) is 0. The van der Waals surface area contributed by atoms with Gasteiger partial charge in [0.05, 0.1) is 10.6 Å². The van der Waals surface area contributed by atoms with Gasteiger partial charge < -0.3 is 10.4 Å². The van der Waals surface area contributed by atoms with Crippen LogP contribution in [0.15, 0.2) is 35.0 Å². The lowest BCUT2D eigenvalue weighted by Crippen LogP contribution is -2.27. The first kappa shape index (κ1) is 16.9. The summed E-state index contributed by atoms with van der Waals surface area (Å²) in [4.78, 5) is 12.0. The van der Waals surface area contributed by atoms with Gasteiger partial charge in [-0.25, -0.2) is 4.39 Å². The third-order valence-corrected chi connectivity index (χ3v) is 4.48. The monoisotopic (exact) mass is 341 g/mol. The molecule has 1 aromatic carbocycles. The van der Waals surface area contributed by atoms with E-state index in [2.05, 4.69) is 5.32 Å². The molecule has 0 aliphatic heterocycles. The van der Waals surface area contributed by atoms with Gasteiger partial charge in [0, 0.05) is 13.2 Å². The number of carbonyl (C=O) groups is 1. The van der Waals surface area contributed by atoms with Crippen LogP contribution in [0.3, 0.4) is 0 Å². The van der Waals surface area contributed by atoms with Crippen molar-refractivity contribution in [2.75, 3.05) is 13.2 Å². The molecule has 2 aromatic rings. The van der Waals surface area contributed by atoms with E-state index in [4.69, 9.17) is 16.7 Å². The number of benzene rings is 1. The van der Waals surface area contributed by atoms with Gasteiger partial charge in [-0.15, -0.1) is 0 Å². The lowest BCUT2D eigenvalue weighted by molar-refractivity contribution is 0.0948. The summed E-state index contributed by atoms with van der Waals surface area (Å²) in [6, 6.07) is 6.17. The largest absolute Gasteiger partial charge is 0.396 e. The highest BCUT2D eigenvalue weighted by Crippen LogP contribution is 2.25. The summed E-state index contributed by atoms with van der Waals surface area (Å²) in [5, 5.41) is 16.0. The molecule has 1 aromatic heterocycles. The van der Waals surface area contributed by atoms with Crippen LogP contribution in [0.2, 0.25) is 5.02 Å². The van der Waals surface area contributed by atoms with Gasteiger partial charge in [0.2, 0.25) is 0 Å². The fraction of sp³-hybridized carbons (Fsp3) is 0.312. The molecule has 3 nitrogen and oxygen atoms in total. The summed E-state index contributed by atoms with van der Waals surface area (Å²) in [6.07, 6.45) is 1.31. The molecule has 1 heterocycles. The summed E-state index contributed by atoms with van der Waals surface area (Å²) < 4.78 is 13.7. The Balaban J connectivity index is 1.93. The first-order chi connectivity index (χ1) is 10.6. The number of nitrogens with one attached hydrogen (secondary N) is 1. The highest BCUT2D eigenvalue weighted by molar-refractivity contribution is 7.07. The molecular formula is C16H17ClFNO2S. The van der Waals surface area contributed by atoms with Crippen molar-refractivity contribution in [1.82, 2.24) is 5.32 Å². The zero-order chi connectivity index (χ0) is 15.9. The Bertz CT molecular complexity index is 598. The van der Waals surface area contributed by atoms with Crippen LogP contribution in [0.4, 0.5) is 4.39 Å². The van der Waals surface area contributed by atoms with Crippen molar-refractivity contribution in [1.29, 1.82) is 0 Å². The Hall–Kier alpha value is -1.43. The van der Waals surface area contributed by atoms with Crippen molar-refractivity contribution >= 4 is 28.8 Å². The molecule has 0 bridgehead atoms. The maximum absolute atomic E-state index is 13.7. The van der Waals surface area contributed by atoms with Crippen LogP contribution in [0.1, 0.15) is 34.7 Å². The molecule has 2 N–H and O–H groups in total. The average molecular weight is 342 g/mol. The zero-order valence-corrected chi connectivity index (χ0v) is 13.5. The molecule has 0 spiro atoms. The first-order valence-corrected chi connectivity index (χ1v) is 8.30. The fourth-order valence-electron chi connectivity index (χ4n) is 2.30. The Morgan fingerprint density at radius 1 is 1.36 bits per heavy atom. The Kier molecular flexibility index (Phi) is 6.36. The van der Waals surface area contributed by atoms with Crippen molar-refractivity contribution in [3.63, 3.8) is 0 Å². The lowest BCUT2D eigenvalue weighted by atomic mass is 9.95. The number of aliphatic hydroxyl groups is 1. The Labute approximate surface area is 137 Å². The lowest BCUT2D eigenvalue weighted by Gasteiger charge is -2.15. The van der Waals surface area contributed by atoms with Crippen LogP contribution >= 0.6 is 22.9 Å². The van der Waals surface area contributed by atoms with Crippen LogP contribution in [-0.4, -0.2) is 24.2 Å². The van der Waals surface area contributed by atoms with Gasteiger partial charge in [0.25, 0.3) is 5.91 Å². The molecule has 0 unspecified atom stereocenters. The number of aliphatic hydroxyl groups excluding tert-OH is 1. The summed E-state index contributed by atoms with van der Waals surface area (Å²) >= 11 is 7.46. The second-order valence-electron chi connectivity index (χ2n) is 4.91.